The average molecular weight is 202 g/mol. The molecule has 0 bridgehead atoms. The molecular weight excluding hydrogens is 180 g/mol. The summed E-state index contributed by atoms with van der Waals surface area (Å²) in [4.78, 5) is 11.5. The molecule has 14 heavy (non-hydrogen) atoms. The second kappa shape index (κ2) is 6.14. The third-order valence-corrected chi connectivity index (χ3v) is 2.75. The molecule has 0 amide bonds. The summed E-state index contributed by atoms with van der Waals surface area (Å²) >= 11 is 0. The van der Waals surface area contributed by atoms with E-state index in [0.29, 0.717) is 12.8 Å². The molecule has 0 aliphatic heterocycles. The van der Waals surface area contributed by atoms with E-state index < -0.39 is 12.2 Å². The highest BCUT2D eigenvalue weighted by Gasteiger charge is 2.18. The van der Waals surface area contributed by atoms with Crippen molar-refractivity contribution in [1.82, 2.24) is 0 Å². The van der Waals surface area contributed by atoms with Crippen molar-refractivity contribution in [2.45, 2.75) is 52.7 Å². The number of ketones is 1. The smallest absolute Gasteiger partial charge is 0.133 e. The van der Waals surface area contributed by atoms with Crippen molar-refractivity contribution in [3.05, 3.63) is 0 Å². The van der Waals surface area contributed by atoms with E-state index in [2.05, 4.69) is 0 Å². The predicted molar refractivity (Wildman–Crippen MR) is 55.9 cm³/mol. The lowest BCUT2D eigenvalue weighted by Crippen LogP contribution is -2.21. The maximum Gasteiger partial charge on any atom is 0.133 e. The number of aliphatic hydroxyl groups is 2. The van der Waals surface area contributed by atoms with Gasteiger partial charge in [-0.2, -0.15) is 0 Å². The Balaban J connectivity index is 3.87. The lowest BCUT2D eigenvalue weighted by molar-refractivity contribution is -0.122. The molecular formula is C11H22O3. The zero-order chi connectivity index (χ0) is 11.3. The van der Waals surface area contributed by atoms with Crippen LogP contribution in [0.2, 0.25) is 0 Å². The van der Waals surface area contributed by atoms with Gasteiger partial charge in [-0.05, 0) is 25.7 Å². The van der Waals surface area contributed by atoms with Gasteiger partial charge in [0.05, 0.1) is 12.2 Å². The van der Waals surface area contributed by atoms with E-state index in [1.807, 2.05) is 13.8 Å². The molecule has 0 aromatic heterocycles. The number of aliphatic hydroxyl groups excluding tert-OH is 2. The molecule has 0 aliphatic carbocycles. The topological polar surface area (TPSA) is 57.5 Å². The highest BCUT2D eigenvalue weighted by Crippen LogP contribution is 2.14. The highest BCUT2D eigenvalue weighted by atomic mass is 16.3. The highest BCUT2D eigenvalue weighted by molar-refractivity contribution is 5.78. The summed E-state index contributed by atoms with van der Waals surface area (Å²) in [5.74, 6) is 0.124. The summed E-state index contributed by atoms with van der Waals surface area (Å²) in [6.07, 6.45) is -0.0923. The lowest BCUT2D eigenvalue weighted by atomic mass is 9.92. The van der Waals surface area contributed by atoms with Crippen LogP contribution in [0.5, 0.6) is 0 Å². The number of rotatable bonds is 6. The second-order valence-corrected chi connectivity index (χ2v) is 4.38. The first kappa shape index (κ1) is 13.6. The quantitative estimate of drug-likeness (QED) is 0.684. The molecule has 0 saturated heterocycles. The number of carbonyl (C=O) groups excluding carboxylic acids is 1. The largest absolute Gasteiger partial charge is 0.393 e. The number of hydrogen-bond acceptors (Lipinski definition) is 3. The van der Waals surface area contributed by atoms with Crippen LogP contribution in [0.25, 0.3) is 0 Å². The van der Waals surface area contributed by atoms with Crippen LogP contribution in [0.4, 0.5) is 0 Å². The number of Topliss-reactive ketones (excluding diaryl/α,β-unsaturated/α-hetero) is 1. The normalized spacial score (nSPS) is 19.9. The average Bonchev–Trinajstić information content (AvgIpc) is 2.03. The maximum absolute atomic E-state index is 11.5. The van der Waals surface area contributed by atoms with Gasteiger partial charge in [-0.1, -0.05) is 13.8 Å². The summed E-state index contributed by atoms with van der Waals surface area (Å²) in [7, 11) is 0. The summed E-state index contributed by atoms with van der Waals surface area (Å²) in [6, 6.07) is 0. The van der Waals surface area contributed by atoms with Crippen molar-refractivity contribution >= 4 is 5.78 Å². The van der Waals surface area contributed by atoms with Gasteiger partial charge in [0.15, 0.2) is 0 Å². The van der Waals surface area contributed by atoms with Gasteiger partial charge < -0.3 is 10.2 Å². The van der Waals surface area contributed by atoms with Gasteiger partial charge in [-0.3, -0.25) is 4.79 Å². The molecule has 4 unspecified atom stereocenters. The monoisotopic (exact) mass is 202 g/mol. The van der Waals surface area contributed by atoms with E-state index in [0.717, 1.165) is 0 Å². The summed E-state index contributed by atoms with van der Waals surface area (Å²) in [6.45, 7) is 7.09. The van der Waals surface area contributed by atoms with Crippen molar-refractivity contribution in [2.24, 2.45) is 11.8 Å². The van der Waals surface area contributed by atoms with Gasteiger partial charge in [-0.25, -0.2) is 0 Å². The number of carbonyl (C=O) groups is 1. The van der Waals surface area contributed by atoms with Gasteiger partial charge >= 0.3 is 0 Å². The molecule has 0 spiro atoms. The van der Waals surface area contributed by atoms with Gasteiger partial charge in [0.25, 0.3) is 0 Å². The fourth-order valence-electron chi connectivity index (χ4n) is 1.14. The van der Waals surface area contributed by atoms with E-state index in [-0.39, 0.29) is 17.6 Å². The summed E-state index contributed by atoms with van der Waals surface area (Å²) in [5, 5.41) is 18.4. The first-order valence-corrected chi connectivity index (χ1v) is 5.22. The van der Waals surface area contributed by atoms with Crippen molar-refractivity contribution in [1.29, 1.82) is 0 Å². The second-order valence-electron chi connectivity index (χ2n) is 4.38. The fourth-order valence-corrected chi connectivity index (χ4v) is 1.14. The standard InChI is InChI=1S/C11H22O3/c1-7(9(3)12)5-11(14)6-8(2)10(4)13/h7-10,12-13H,5-6H2,1-4H3. The van der Waals surface area contributed by atoms with Crippen LogP contribution in [0, 0.1) is 11.8 Å². The van der Waals surface area contributed by atoms with Crippen molar-refractivity contribution in [3.63, 3.8) is 0 Å². The molecule has 4 atom stereocenters. The SMILES string of the molecule is CC(O)C(C)CC(=O)CC(C)C(C)O. The Morgan fingerprint density at radius 2 is 1.21 bits per heavy atom. The summed E-state index contributed by atoms with van der Waals surface area (Å²) < 4.78 is 0. The van der Waals surface area contributed by atoms with Crippen LogP contribution >= 0.6 is 0 Å². The molecule has 0 saturated carbocycles. The van der Waals surface area contributed by atoms with Gasteiger partial charge in [0.2, 0.25) is 0 Å². The third-order valence-electron chi connectivity index (χ3n) is 2.75. The zero-order valence-corrected chi connectivity index (χ0v) is 9.53. The molecule has 3 heteroatoms. The minimum Gasteiger partial charge on any atom is -0.393 e. The van der Waals surface area contributed by atoms with Crippen LogP contribution in [0.1, 0.15) is 40.5 Å². The first-order valence-electron chi connectivity index (χ1n) is 5.22. The lowest BCUT2D eigenvalue weighted by Gasteiger charge is -2.17. The fraction of sp³-hybridized carbons (Fsp3) is 0.909. The Morgan fingerprint density at radius 1 is 0.929 bits per heavy atom. The van der Waals surface area contributed by atoms with E-state index >= 15 is 0 Å². The Labute approximate surface area is 86.1 Å². The van der Waals surface area contributed by atoms with Gasteiger partial charge in [0.1, 0.15) is 5.78 Å². The molecule has 0 radical (unpaired) electrons. The Morgan fingerprint density at radius 3 is 1.43 bits per heavy atom. The minimum atomic E-state index is -0.444. The first-order chi connectivity index (χ1) is 6.34. The minimum absolute atomic E-state index is 0.00342. The molecule has 84 valence electrons. The molecule has 3 nitrogen and oxygen atoms in total. The number of hydrogen-bond donors (Lipinski definition) is 2. The molecule has 0 fully saturated rings. The van der Waals surface area contributed by atoms with E-state index in [1.165, 1.54) is 0 Å². The third kappa shape index (κ3) is 5.35. The molecule has 2 N–H and O–H groups in total. The van der Waals surface area contributed by atoms with Crippen LogP contribution in [0.3, 0.4) is 0 Å². The Kier molecular flexibility index (Phi) is 5.96. The van der Waals surface area contributed by atoms with Crippen molar-refractivity contribution in [3.8, 4) is 0 Å². The molecule has 0 rings (SSSR count). The van der Waals surface area contributed by atoms with Crippen molar-refractivity contribution < 1.29 is 15.0 Å². The van der Waals surface area contributed by atoms with Crippen molar-refractivity contribution in [2.75, 3.05) is 0 Å². The Bertz CT molecular complexity index is 157. The molecule has 0 heterocycles. The van der Waals surface area contributed by atoms with E-state index in [9.17, 15) is 15.0 Å². The van der Waals surface area contributed by atoms with Crippen LogP contribution in [0.15, 0.2) is 0 Å². The van der Waals surface area contributed by atoms with E-state index in [4.69, 9.17) is 0 Å². The Hall–Kier alpha value is -0.410. The van der Waals surface area contributed by atoms with Crippen LogP contribution in [-0.4, -0.2) is 28.2 Å². The molecule has 0 aromatic carbocycles. The van der Waals surface area contributed by atoms with Gasteiger partial charge in [-0.15, -0.1) is 0 Å². The zero-order valence-electron chi connectivity index (χ0n) is 9.53. The van der Waals surface area contributed by atoms with Crippen LogP contribution in [-0.2, 0) is 4.79 Å². The molecule has 0 aromatic rings. The molecule has 0 aliphatic rings. The summed E-state index contributed by atoms with van der Waals surface area (Å²) in [5.41, 5.74) is 0. The maximum atomic E-state index is 11.5. The predicted octanol–water partition coefficient (Wildman–Crippen LogP) is 1.37. The van der Waals surface area contributed by atoms with Crippen LogP contribution < -0.4 is 0 Å². The van der Waals surface area contributed by atoms with E-state index in [1.54, 1.807) is 13.8 Å². The van der Waals surface area contributed by atoms with Gasteiger partial charge in [0, 0.05) is 12.8 Å².